The van der Waals surface area contributed by atoms with Gasteiger partial charge >= 0.3 is 0 Å². The molecule has 44 valence electrons. The number of aliphatic hydroxyl groups is 1. The van der Waals surface area contributed by atoms with Crippen molar-refractivity contribution >= 4 is 34.8 Å². The van der Waals surface area contributed by atoms with Gasteiger partial charge in [-0.3, -0.25) is 0 Å². The predicted octanol–water partition coefficient (Wildman–Crippen LogP) is 1.39. The molecule has 0 aliphatic carbocycles. The minimum Gasteiger partial charge on any atom is -0.389 e. The van der Waals surface area contributed by atoms with Crippen LogP contribution in [0, 0.1) is 0 Å². The number of hydrogen-bond acceptors (Lipinski definition) is 1. The van der Waals surface area contributed by atoms with Crippen LogP contribution in [0.25, 0.3) is 0 Å². The van der Waals surface area contributed by atoms with Gasteiger partial charge in [-0.15, -0.1) is 34.8 Å². The van der Waals surface area contributed by atoms with Crippen LogP contribution in [-0.2, 0) is 0 Å². The first-order chi connectivity index (χ1) is 3.18. The summed E-state index contributed by atoms with van der Waals surface area (Å²) < 4.78 is 0. The Labute approximate surface area is 57.2 Å². The molecule has 1 unspecified atom stereocenters. The average molecular weight is 163 g/mol. The van der Waals surface area contributed by atoms with Gasteiger partial charge in [0.1, 0.15) is 4.84 Å². The fourth-order valence-electron chi connectivity index (χ4n) is 0.0673. The Morgan fingerprint density at radius 3 is 1.86 bits per heavy atom. The van der Waals surface area contributed by atoms with E-state index in [0.29, 0.717) is 0 Å². The third-order valence-corrected chi connectivity index (χ3v) is 1.35. The Hall–Kier alpha value is 0.830. The van der Waals surface area contributed by atoms with Gasteiger partial charge in [-0.05, 0) is 0 Å². The highest BCUT2D eigenvalue weighted by Crippen LogP contribution is 2.07. The highest BCUT2D eigenvalue weighted by molar-refractivity contribution is 6.45. The molecule has 0 aromatic heterocycles. The van der Waals surface area contributed by atoms with E-state index in [9.17, 15) is 0 Å². The van der Waals surface area contributed by atoms with Crippen molar-refractivity contribution in [3.05, 3.63) is 0 Å². The molecule has 1 nitrogen and oxygen atoms in total. The minimum absolute atomic E-state index is 0.0810. The van der Waals surface area contributed by atoms with Crippen LogP contribution in [0.15, 0.2) is 0 Å². The second-order valence-electron chi connectivity index (χ2n) is 1.06. The van der Waals surface area contributed by atoms with Gasteiger partial charge in [0.15, 0.2) is 0 Å². The molecule has 0 aromatic rings. The molecule has 0 aromatic carbocycles. The lowest BCUT2D eigenvalue weighted by Crippen LogP contribution is -2.16. The third kappa shape index (κ3) is 3.42. The second-order valence-corrected chi connectivity index (χ2v) is 2.53. The number of halogens is 3. The highest BCUT2D eigenvalue weighted by Gasteiger charge is 2.09. The van der Waals surface area contributed by atoms with Crippen molar-refractivity contribution in [1.29, 1.82) is 0 Å². The number of aliphatic hydroxyl groups excluding tert-OH is 1. The maximum atomic E-state index is 8.54. The van der Waals surface area contributed by atoms with E-state index in [1.807, 2.05) is 0 Å². The van der Waals surface area contributed by atoms with Crippen molar-refractivity contribution in [2.24, 2.45) is 0 Å². The average Bonchev–Trinajstić information content (AvgIpc) is 1.65. The molecular formula is C3H5Cl3O. The smallest absolute Gasteiger partial charge is 0.134 e. The van der Waals surface area contributed by atoms with Gasteiger partial charge in [0.2, 0.25) is 0 Å². The standard InChI is InChI=1S/C3H5Cl3O/c4-1-2(7)3(5)6/h2-3,7H,1H2. The Kier molecular flexibility index (Phi) is 4.24. The van der Waals surface area contributed by atoms with Crippen molar-refractivity contribution in [3.8, 4) is 0 Å². The minimum atomic E-state index is -0.801. The molecule has 0 amide bonds. The number of rotatable bonds is 2. The molecule has 0 aliphatic rings. The van der Waals surface area contributed by atoms with Gasteiger partial charge in [-0.25, -0.2) is 0 Å². The lowest BCUT2D eigenvalue weighted by Gasteiger charge is -2.03. The largest absolute Gasteiger partial charge is 0.389 e. The summed E-state index contributed by atoms with van der Waals surface area (Å²) in [4.78, 5) is -0.766. The van der Waals surface area contributed by atoms with Crippen LogP contribution in [0.2, 0.25) is 0 Å². The van der Waals surface area contributed by atoms with Gasteiger partial charge in [0, 0.05) is 0 Å². The lowest BCUT2D eigenvalue weighted by molar-refractivity contribution is 0.213. The summed E-state index contributed by atoms with van der Waals surface area (Å²) >= 11 is 15.4. The van der Waals surface area contributed by atoms with E-state index in [0.717, 1.165) is 0 Å². The van der Waals surface area contributed by atoms with E-state index < -0.39 is 10.9 Å². The van der Waals surface area contributed by atoms with Crippen LogP contribution in [-0.4, -0.2) is 21.9 Å². The summed E-state index contributed by atoms with van der Waals surface area (Å²) in [5, 5.41) is 8.54. The molecule has 0 bridgehead atoms. The zero-order valence-electron chi connectivity index (χ0n) is 3.44. The number of alkyl halides is 3. The van der Waals surface area contributed by atoms with Crippen molar-refractivity contribution in [2.75, 3.05) is 5.88 Å². The van der Waals surface area contributed by atoms with Gasteiger partial charge in [0.25, 0.3) is 0 Å². The molecule has 0 heterocycles. The van der Waals surface area contributed by atoms with E-state index in [1.165, 1.54) is 0 Å². The Morgan fingerprint density at radius 2 is 1.86 bits per heavy atom. The lowest BCUT2D eigenvalue weighted by atomic mass is 10.5. The molecule has 0 fully saturated rings. The molecule has 0 saturated heterocycles. The summed E-state index contributed by atoms with van der Waals surface area (Å²) in [6.07, 6.45) is -0.801. The van der Waals surface area contributed by atoms with Crippen molar-refractivity contribution in [3.63, 3.8) is 0 Å². The van der Waals surface area contributed by atoms with Gasteiger partial charge in [0.05, 0.1) is 12.0 Å². The summed E-state index contributed by atoms with van der Waals surface area (Å²) in [6, 6.07) is 0. The van der Waals surface area contributed by atoms with Gasteiger partial charge in [-0.2, -0.15) is 0 Å². The first-order valence-corrected chi connectivity index (χ1v) is 3.11. The molecule has 0 saturated carbocycles. The van der Waals surface area contributed by atoms with E-state index in [1.54, 1.807) is 0 Å². The van der Waals surface area contributed by atoms with Gasteiger partial charge < -0.3 is 5.11 Å². The Bertz CT molecular complexity index is 47.4. The summed E-state index contributed by atoms with van der Waals surface area (Å²) in [7, 11) is 0. The van der Waals surface area contributed by atoms with Crippen molar-refractivity contribution < 1.29 is 5.11 Å². The summed E-state index contributed by atoms with van der Waals surface area (Å²) in [5.41, 5.74) is 0. The Balaban J connectivity index is 3.14. The zero-order chi connectivity index (χ0) is 5.86. The van der Waals surface area contributed by atoms with Crippen LogP contribution < -0.4 is 0 Å². The van der Waals surface area contributed by atoms with Crippen LogP contribution in [0.4, 0.5) is 0 Å². The van der Waals surface area contributed by atoms with E-state index in [2.05, 4.69) is 0 Å². The van der Waals surface area contributed by atoms with Crippen LogP contribution in [0.5, 0.6) is 0 Å². The molecular weight excluding hydrogens is 158 g/mol. The fraction of sp³-hybridized carbons (Fsp3) is 1.00. The maximum absolute atomic E-state index is 8.54. The third-order valence-electron chi connectivity index (χ3n) is 0.449. The van der Waals surface area contributed by atoms with Crippen LogP contribution in [0.3, 0.4) is 0 Å². The molecule has 1 N–H and O–H groups in total. The maximum Gasteiger partial charge on any atom is 0.134 e. The zero-order valence-corrected chi connectivity index (χ0v) is 5.71. The first kappa shape index (κ1) is 7.83. The van der Waals surface area contributed by atoms with Crippen molar-refractivity contribution in [2.45, 2.75) is 10.9 Å². The van der Waals surface area contributed by atoms with Crippen molar-refractivity contribution in [1.82, 2.24) is 0 Å². The normalized spacial score (nSPS) is 15.0. The van der Waals surface area contributed by atoms with E-state index in [4.69, 9.17) is 39.9 Å². The second kappa shape index (κ2) is 3.79. The molecule has 0 spiro atoms. The molecule has 1 atom stereocenters. The molecule has 0 radical (unpaired) electrons. The monoisotopic (exact) mass is 162 g/mol. The molecule has 0 rings (SSSR count). The number of hydrogen-bond donors (Lipinski definition) is 1. The molecule has 4 heteroatoms. The molecule has 0 aliphatic heterocycles. The fourth-order valence-corrected chi connectivity index (χ4v) is 0.606. The van der Waals surface area contributed by atoms with Crippen LogP contribution >= 0.6 is 34.8 Å². The highest BCUT2D eigenvalue weighted by atomic mass is 35.5. The van der Waals surface area contributed by atoms with Crippen LogP contribution in [0.1, 0.15) is 0 Å². The topological polar surface area (TPSA) is 20.2 Å². The van der Waals surface area contributed by atoms with E-state index in [-0.39, 0.29) is 5.88 Å². The Morgan fingerprint density at radius 1 is 1.43 bits per heavy atom. The van der Waals surface area contributed by atoms with Gasteiger partial charge in [-0.1, -0.05) is 0 Å². The summed E-state index contributed by atoms with van der Waals surface area (Å²) in [6.45, 7) is 0. The predicted molar refractivity (Wildman–Crippen MR) is 32.2 cm³/mol. The SMILES string of the molecule is OC(CCl)C(Cl)Cl. The quantitative estimate of drug-likeness (QED) is 0.610. The first-order valence-electron chi connectivity index (χ1n) is 1.70. The summed E-state index contributed by atoms with van der Waals surface area (Å²) in [5.74, 6) is 0.0810. The van der Waals surface area contributed by atoms with E-state index >= 15 is 0 Å². The molecule has 7 heavy (non-hydrogen) atoms.